The predicted molar refractivity (Wildman–Crippen MR) is 67.4 cm³/mol. The lowest BCUT2D eigenvalue weighted by Crippen LogP contribution is -2.06. The summed E-state index contributed by atoms with van der Waals surface area (Å²) in [7, 11) is 2.60. The SMILES string of the molecule is COc1c(O)c(C=O)c(OC)c2c(=O)cc(C)oc12. The number of carbonyl (C=O) groups excluding carboxylic acids is 1. The minimum Gasteiger partial charge on any atom is -0.504 e. The molecular weight excluding hydrogens is 252 g/mol. The highest BCUT2D eigenvalue weighted by atomic mass is 16.5. The van der Waals surface area contributed by atoms with Crippen molar-refractivity contribution in [3.05, 3.63) is 27.6 Å². The minimum atomic E-state index is -0.421. The fraction of sp³-hybridized carbons (Fsp3) is 0.231. The minimum absolute atomic E-state index is 0.0305. The molecule has 0 unspecified atom stereocenters. The fourth-order valence-corrected chi connectivity index (χ4v) is 1.97. The van der Waals surface area contributed by atoms with Gasteiger partial charge >= 0.3 is 0 Å². The highest BCUT2D eigenvalue weighted by Crippen LogP contribution is 2.43. The molecule has 0 atom stereocenters. The number of fused-ring (bicyclic) bond motifs is 1. The Morgan fingerprint density at radius 2 is 1.89 bits per heavy atom. The Morgan fingerprint density at radius 1 is 1.26 bits per heavy atom. The first-order chi connectivity index (χ1) is 9.04. The number of aldehydes is 1. The summed E-state index contributed by atoms with van der Waals surface area (Å²) in [6.07, 6.45) is 0.398. The lowest BCUT2D eigenvalue weighted by atomic mass is 10.1. The summed E-state index contributed by atoms with van der Waals surface area (Å²) < 4.78 is 15.5. The van der Waals surface area contributed by atoms with Crippen LogP contribution in [0, 0.1) is 6.92 Å². The molecule has 0 bridgehead atoms. The lowest BCUT2D eigenvalue weighted by Gasteiger charge is -2.13. The van der Waals surface area contributed by atoms with Crippen LogP contribution in [0.2, 0.25) is 0 Å². The van der Waals surface area contributed by atoms with Crippen LogP contribution in [-0.4, -0.2) is 25.6 Å². The van der Waals surface area contributed by atoms with Gasteiger partial charge in [0.2, 0.25) is 5.75 Å². The molecule has 0 aliphatic rings. The van der Waals surface area contributed by atoms with Gasteiger partial charge in [-0.2, -0.15) is 0 Å². The molecule has 0 fully saturated rings. The van der Waals surface area contributed by atoms with Gasteiger partial charge in [-0.15, -0.1) is 0 Å². The van der Waals surface area contributed by atoms with Crippen LogP contribution < -0.4 is 14.9 Å². The van der Waals surface area contributed by atoms with Gasteiger partial charge < -0.3 is 19.0 Å². The Morgan fingerprint density at radius 3 is 2.42 bits per heavy atom. The first-order valence-corrected chi connectivity index (χ1v) is 5.41. The van der Waals surface area contributed by atoms with Crippen LogP contribution in [0.3, 0.4) is 0 Å². The van der Waals surface area contributed by atoms with E-state index < -0.39 is 5.75 Å². The number of aromatic hydroxyl groups is 1. The molecule has 1 heterocycles. The number of hydrogen-bond donors (Lipinski definition) is 1. The van der Waals surface area contributed by atoms with Crippen LogP contribution in [0.5, 0.6) is 17.2 Å². The molecule has 1 aromatic carbocycles. The number of methoxy groups -OCH3 is 2. The maximum absolute atomic E-state index is 12.0. The molecule has 2 rings (SSSR count). The zero-order valence-electron chi connectivity index (χ0n) is 10.6. The second-order valence-electron chi connectivity index (χ2n) is 3.87. The van der Waals surface area contributed by atoms with E-state index in [-0.39, 0.29) is 33.5 Å². The van der Waals surface area contributed by atoms with E-state index >= 15 is 0 Å². The van der Waals surface area contributed by atoms with Crippen molar-refractivity contribution in [1.29, 1.82) is 0 Å². The Kier molecular flexibility index (Phi) is 3.16. The molecule has 1 aromatic heterocycles. The second-order valence-corrected chi connectivity index (χ2v) is 3.87. The fourth-order valence-electron chi connectivity index (χ4n) is 1.97. The molecule has 0 spiro atoms. The van der Waals surface area contributed by atoms with Crippen molar-refractivity contribution in [3.8, 4) is 17.2 Å². The summed E-state index contributed by atoms with van der Waals surface area (Å²) in [5.41, 5.74) is -0.479. The number of hydrogen-bond acceptors (Lipinski definition) is 6. The first-order valence-electron chi connectivity index (χ1n) is 5.41. The summed E-state index contributed by atoms with van der Waals surface area (Å²) in [4.78, 5) is 23.1. The van der Waals surface area contributed by atoms with Crippen molar-refractivity contribution in [2.75, 3.05) is 14.2 Å². The van der Waals surface area contributed by atoms with Gasteiger partial charge in [-0.25, -0.2) is 0 Å². The van der Waals surface area contributed by atoms with E-state index in [2.05, 4.69) is 0 Å². The Bertz CT molecular complexity index is 713. The quantitative estimate of drug-likeness (QED) is 0.848. The molecule has 1 N–H and O–H groups in total. The van der Waals surface area contributed by atoms with Gasteiger partial charge in [0, 0.05) is 6.07 Å². The van der Waals surface area contributed by atoms with Gasteiger partial charge in [-0.05, 0) is 6.92 Å². The van der Waals surface area contributed by atoms with E-state index in [1.807, 2.05) is 0 Å². The van der Waals surface area contributed by atoms with Crippen molar-refractivity contribution in [2.45, 2.75) is 6.92 Å². The van der Waals surface area contributed by atoms with Crippen LogP contribution in [0.25, 0.3) is 11.0 Å². The number of phenolic OH excluding ortho intramolecular Hbond substituents is 1. The number of benzene rings is 1. The second kappa shape index (κ2) is 4.64. The molecule has 0 saturated carbocycles. The lowest BCUT2D eigenvalue weighted by molar-refractivity contribution is 0.111. The third-order valence-electron chi connectivity index (χ3n) is 2.75. The smallest absolute Gasteiger partial charge is 0.205 e. The zero-order chi connectivity index (χ0) is 14.2. The monoisotopic (exact) mass is 264 g/mol. The van der Waals surface area contributed by atoms with E-state index in [4.69, 9.17) is 13.9 Å². The van der Waals surface area contributed by atoms with Gasteiger partial charge in [0.15, 0.2) is 23.0 Å². The van der Waals surface area contributed by atoms with Crippen molar-refractivity contribution >= 4 is 17.3 Å². The Balaban J connectivity index is 3.14. The van der Waals surface area contributed by atoms with Crippen LogP contribution in [0.15, 0.2) is 15.3 Å². The van der Waals surface area contributed by atoms with Gasteiger partial charge in [0.1, 0.15) is 22.5 Å². The molecule has 19 heavy (non-hydrogen) atoms. The number of carbonyl (C=O) groups is 1. The molecule has 2 aromatic rings. The molecule has 0 radical (unpaired) electrons. The molecule has 6 heteroatoms. The van der Waals surface area contributed by atoms with Crippen LogP contribution >= 0.6 is 0 Å². The third kappa shape index (κ3) is 1.81. The van der Waals surface area contributed by atoms with Gasteiger partial charge in [-0.1, -0.05) is 0 Å². The largest absolute Gasteiger partial charge is 0.504 e. The average Bonchev–Trinajstić information content (AvgIpc) is 2.37. The standard InChI is InChI=1S/C13H12O6/c1-6-4-8(15)9-11(17-2)7(5-14)10(16)13(18-3)12(9)19-6/h4-5,16H,1-3H3. The summed E-state index contributed by atoms with van der Waals surface area (Å²) in [5, 5.41) is 10.0. The van der Waals surface area contributed by atoms with Crippen molar-refractivity contribution in [2.24, 2.45) is 0 Å². The van der Waals surface area contributed by atoms with E-state index in [1.165, 1.54) is 20.3 Å². The summed E-state index contributed by atoms with van der Waals surface area (Å²) in [6, 6.07) is 1.27. The molecule has 0 aliphatic carbocycles. The molecular formula is C13H12O6. The third-order valence-corrected chi connectivity index (χ3v) is 2.75. The van der Waals surface area contributed by atoms with Gasteiger partial charge in [0.25, 0.3) is 0 Å². The first kappa shape index (κ1) is 12.9. The van der Waals surface area contributed by atoms with Crippen molar-refractivity contribution < 1.29 is 23.8 Å². The van der Waals surface area contributed by atoms with Crippen LogP contribution in [0.4, 0.5) is 0 Å². The summed E-state index contributed by atoms with van der Waals surface area (Å²) in [5.74, 6) is -0.164. The summed E-state index contributed by atoms with van der Waals surface area (Å²) in [6.45, 7) is 1.59. The van der Waals surface area contributed by atoms with E-state index in [9.17, 15) is 14.7 Å². The van der Waals surface area contributed by atoms with Crippen molar-refractivity contribution in [3.63, 3.8) is 0 Å². The molecule has 0 saturated heterocycles. The average molecular weight is 264 g/mol. The predicted octanol–water partition coefficient (Wildman–Crippen LogP) is 1.64. The maximum atomic E-state index is 12.0. The highest BCUT2D eigenvalue weighted by Gasteiger charge is 2.24. The zero-order valence-corrected chi connectivity index (χ0v) is 10.6. The molecule has 0 aliphatic heterocycles. The normalized spacial score (nSPS) is 10.5. The molecule has 0 amide bonds. The van der Waals surface area contributed by atoms with E-state index in [0.29, 0.717) is 12.0 Å². The molecule has 6 nitrogen and oxygen atoms in total. The van der Waals surface area contributed by atoms with E-state index in [0.717, 1.165) is 0 Å². The van der Waals surface area contributed by atoms with Crippen LogP contribution in [0.1, 0.15) is 16.1 Å². The number of rotatable bonds is 3. The molecule has 100 valence electrons. The van der Waals surface area contributed by atoms with E-state index in [1.54, 1.807) is 6.92 Å². The number of aryl methyl sites for hydroxylation is 1. The highest BCUT2D eigenvalue weighted by molar-refractivity contribution is 6.00. The Hall–Kier alpha value is -2.50. The topological polar surface area (TPSA) is 86.0 Å². The number of phenols is 1. The van der Waals surface area contributed by atoms with Gasteiger partial charge in [0.05, 0.1) is 14.2 Å². The van der Waals surface area contributed by atoms with Crippen molar-refractivity contribution in [1.82, 2.24) is 0 Å². The Labute approximate surface area is 108 Å². The van der Waals surface area contributed by atoms with Crippen LogP contribution in [-0.2, 0) is 0 Å². The maximum Gasteiger partial charge on any atom is 0.205 e. The number of ether oxygens (including phenoxy) is 2. The van der Waals surface area contributed by atoms with Gasteiger partial charge in [-0.3, -0.25) is 9.59 Å². The summed E-state index contributed by atoms with van der Waals surface area (Å²) >= 11 is 0.